The van der Waals surface area contributed by atoms with Crippen LogP contribution in [0.15, 0.2) is 67.4 Å². The van der Waals surface area contributed by atoms with Crippen LogP contribution in [-0.2, 0) is 7.05 Å². The van der Waals surface area contributed by atoms with Gasteiger partial charge in [0.1, 0.15) is 19.7 Å². The number of aromatic nitrogens is 4. The number of fused-ring (bicyclic) bond motifs is 1. The zero-order valence-electron chi connectivity index (χ0n) is 13.6. The molecule has 0 amide bonds. The monoisotopic (exact) mass is 313 g/mol. The molecule has 2 aromatic heterocycles. The molecule has 4 rings (SSSR count). The van der Waals surface area contributed by atoms with Crippen LogP contribution < -0.4 is 4.57 Å². The topological polar surface area (TPSA) is 42.6 Å². The van der Waals surface area contributed by atoms with E-state index in [1.54, 1.807) is 0 Å². The Morgan fingerprint density at radius 3 is 2.46 bits per heavy atom. The molecule has 2 aromatic carbocycles. The van der Waals surface area contributed by atoms with Gasteiger partial charge in [-0.3, -0.25) is 0 Å². The Morgan fingerprint density at radius 1 is 0.875 bits per heavy atom. The first-order chi connectivity index (χ1) is 11.7. The van der Waals surface area contributed by atoms with E-state index in [0.717, 1.165) is 5.56 Å². The molecular formula is C20H17N4+. The van der Waals surface area contributed by atoms with Crippen LogP contribution in [0, 0.1) is 6.92 Å². The highest BCUT2D eigenvalue weighted by Gasteiger charge is 2.14. The maximum absolute atomic E-state index is 4.24. The molecule has 0 aliphatic carbocycles. The molecule has 0 saturated heterocycles. The summed E-state index contributed by atoms with van der Waals surface area (Å²) in [6.07, 6.45) is 5.21. The third-order valence-electron chi connectivity index (χ3n) is 4.26. The lowest BCUT2D eigenvalue weighted by molar-refractivity contribution is -0.659. The van der Waals surface area contributed by atoms with Gasteiger partial charge in [0.05, 0.1) is 0 Å². The van der Waals surface area contributed by atoms with Crippen molar-refractivity contribution in [1.82, 2.24) is 15.0 Å². The highest BCUT2D eigenvalue weighted by Crippen LogP contribution is 2.26. The molecule has 0 saturated carbocycles. The molecule has 0 N–H and O–H groups in total. The molecule has 0 bridgehead atoms. The fourth-order valence-electron chi connectivity index (χ4n) is 3.00. The lowest BCUT2D eigenvalue weighted by Crippen LogP contribution is -2.30. The summed E-state index contributed by atoms with van der Waals surface area (Å²) in [6, 6.07) is 17.0. The van der Waals surface area contributed by atoms with E-state index in [4.69, 9.17) is 0 Å². The molecule has 24 heavy (non-hydrogen) atoms. The normalized spacial score (nSPS) is 10.9. The Labute approximate surface area is 140 Å². The van der Waals surface area contributed by atoms with Gasteiger partial charge in [-0.1, -0.05) is 24.3 Å². The zero-order valence-corrected chi connectivity index (χ0v) is 13.6. The first kappa shape index (κ1) is 14.5. The van der Waals surface area contributed by atoms with Gasteiger partial charge in [0, 0.05) is 22.6 Å². The van der Waals surface area contributed by atoms with Gasteiger partial charge in [-0.05, 0) is 36.1 Å². The second-order valence-electron chi connectivity index (χ2n) is 5.89. The largest absolute Gasteiger partial charge is 0.225 e. The average Bonchev–Trinajstić information content (AvgIpc) is 2.62. The summed E-state index contributed by atoms with van der Waals surface area (Å²) in [5, 5.41) is 2.36. The summed E-state index contributed by atoms with van der Waals surface area (Å²) in [4.78, 5) is 12.4. The van der Waals surface area contributed by atoms with E-state index in [0.29, 0.717) is 5.82 Å². The van der Waals surface area contributed by atoms with E-state index >= 15 is 0 Å². The van der Waals surface area contributed by atoms with Crippen molar-refractivity contribution in [2.45, 2.75) is 6.92 Å². The Bertz CT molecular complexity index is 1030. The van der Waals surface area contributed by atoms with Crippen molar-refractivity contribution in [2.24, 2.45) is 7.05 Å². The molecule has 0 aliphatic heterocycles. The summed E-state index contributed by atoms with van der Waals surface area (Å²) in [5.74, 6) is 0.692. The Balaban J connectivity index is 1.91. The smallest absolute Gasteiger partial charge is 0.213 e. The van der Waals surface area contributed by atoms with Gasteiger partial charge in [0.15, 0.2) is 12.0 Å². The predicted octanol–water partition coefficient (Wildman–Crippen LogP) is 3.49. The molecule has 0 atom stereocenters. The van der Waals surface area contributed by atoms with E-state index in [1.165, 1.54) is 40.2 Å². The first-order valence-electron chi connectivity index (χ1n) is 7.84. The van der Waals surface area contributed by atoms with Gasteiger partial charge in [-0.2, -0.15) is 0 Å². The third kappa shape index (κ3) is 2.52. The van der Waals surface area contributed by atoms with Crippen molar-refractivity contribution >= 4 is 10.8 Å². The minimum absolute atomic E-state index is 0.692. The van der Waals surface area contributed by atoms with E-state index in [2.05, 4.69) is 82.2 Å². The number of hydrogen-bond donors (Lipinski definition) is 0. The SMILES string of the molecule is Cc1ccccc1-c1cc2cc(-c3ncncn3)ccc2c[n+]1C. The minimum atomic E-state index is 0.692. The molecule has 0 unspecified atom stereocenters. The summed E-state index contributed by atoms with van der Waals surface area (Å²) >= 11 is 0. The Morgan fingerprint density at radius 2 is 1.67 bits per heavy atom. The highest BCUT2D eigenvalue weighted by molar-refractivity contribution is 5.87. The van der Waals surface area contributed by atoms with Crippen molar-refractivity contribution in [3.8, 4) is 22.6 Å². The second-order valence-corrected chi connectivity index (χ2v) is 5.89. The van der Waals surface area contributed by atoms with E-state index in [-0.39, 0.29) is 0 Å². The molecule has 0 spiro atoms. The van der Waals surface area contributed by atoms with Crippen LogP contribution >= 0.6 is 0 Å². The maximum atomic E-state index is 4.24. The van der Waals surface area contributed by atoms with Crippen molar-refractivity contribution in [3.63, 3.8) is 0 Å². The van der Waals surface area contributed by atoms with Gasteiger partial charge in [-0.15, -0.1) is 0 Å². The second kappa shape index (κ2) is 5.81. The van der Waals surface area contributed by atoms with Crippen LogP contribution in [0.4, 0.5) is 0 Å². The molecule has 4 aromatic rings. The molecule has 2 heterocycles. The van der Waals surface area contributed by atoms with Gasteiger partial charge < -0.3 is 0 Å². The lowest BCUT2D eigenvalue weighted by atomic mass is 10.0. The highest BCUT2D eigenvalue weighted by atomic mass is 15.0. The van der Waals surface area contributed by atoms with Gasteiger partial charge >= 0.3 is 0 Å². The van der Waals surface area contributed by atoms with Crippen LogP contribution in [0.3, 0.4) is 0 Å². The third-order valence-corrected chi connectivity index (χ3v) is 4.26. The number of aryl methyl sites for hydroxylation is 2. The van der Waals surface area contributed by atoms with Crippen LogP contribution in [0.25, 0.3) is 33.4 Å². The fourth-order valence-corrected chi connectivity index (χ4v) is 3.00. The Hall–Kier alpha value is -3.14. The van der Waals surface area contributed by atoms with Gasteiger partial charge in [-0.25, -0.2) is 19.5 Å². The fraction of sp³-hybridized carbons (Fsp3) is 0.100. The molecule has 0 radical (unpaired) electrons. The molecule has 0 fully saturated rings. The number of hydrogen-bond acceptors (Lipinski definition) is 3. The van der Waals surface area contributed by atoms with Crippen molar-refractivity contribution in [1.29, 1.82) is 0 Å². The zero-order chi connectivity index (χ0) is 16.5. The summed E-state index contributed by atoms with van der Waals surface area (Å²) in [5.41, 5.74) is 4.69. The standard InChI is InChI=1S/C20H17N4/c1-14-5-3-4-6-18(14)19-10-17-9-15(20-22-12-21-13-23-20)7-8-16(17)11-24(19)2/h3-13H,1-2H3/q+1. The molecule has 0 aliphatic rings. The van der Waals surface area contributed by atoms with Crippen molar-refractivity contribution in [2.75, 3.05) is 0 Å². The van der Waals surface area contributed by atoms with E-state index in [9.17, 15) is 0 Å². The van der Waals surface area contributed by atoms with Gasteiger partial charge in [0.25, 0.3) is 0 Å². The summed E-state index contributed by atoms with van der Waals surface area (Å²) in [6.45, 7) is 2.14. The quantitative estimate of drug-likeness (QED) is 0.532. The summed E-state index contributed by atoms with van der Waals surface area (Å²) < 4.78 is 2.17. The van der Waals surface area contributed by atoms with Crippen molar-refractivity contribution in [3.05, 3.63) is 72.9 Å². The van der Waals surface area contributed by atoms with E-state index in [1.807, 2.05) is 6.07 Å². The number of benzene rings is 2. The number of nitrogens with zero attached hydrogens (tertiary/aromatic N) is 4. The van der Waals surface area contributed by atoms with Crippen LogP contribution in [0.5, 0.6) is 0 Å². The summed E-state index contributed by atoms with van der Waals surface area (Å²) in [7, 11) is 2.08. The first-order valence-corrected chi connectivity index (χ1v) is 7.84. The molecule has 4 heteroatoms. The average molecular weight is 313 g/mol. The number of rotatable bonds is 2. The number of pyridine rings is 1. The van der Waals surface area contributed by atoms with E-state index < -0.39 is 0 Å². The molecule has 116 valence electrons. The maximum Gasteiger partial charge on any atom is 0.213 e. The predicted molar refractivity (Wildman–Crippen MR) is 94.1 cm³/mol. The lowest BCUT2D eigenvalue weighted by Gasteiger charge is -2.07. The van der Waals surface area contributed by atoms with Crippen LogP contribution in [0.2, 0.25) is 0 Å². The molecule has 4 nitrogen and oxygen atoms in total. The Kier molecular flexibility index (Phi) is 3.50. The minimum Gasteiger partial charge on any atom is -0.225 e. The van der Waals surface area contributed by atoms with Crippen LogP contribution in [0.1, 0.15) is 5.56 Å². The van der Waals surface area contributed by atoms with Crippen molar-refractivity contribution < 1.29 is 4.57 Å². The van der Waals surface area contributed by atoms with Crippen LogP contribution in [-0.4, -0.2) is 15.0 Å². The van der Waals surface area contributed by atoms with Gasteiger partial charge in [0.2, 0.25) is 5.69 Å². The molecular weight excluding hydrogens is 296 g/mol.